The summed E-state index contributed by atoms with van der Waals surface area (Å²) in [5.74, 6) is -0.215. The Morgan fingerprint density at radius 2 is 1.90 bits per heavy atom. The van der Waals surface area contributed by atoms with Crippen molar-refractivity contribution in [1.29, 1.82) is 0 Å². The van der Waals surface area contributed by atoms with E-state index in [1.54, 1.807) is 13.8 Å². The summed E-state index contributed by atoms with van der Waals surface area (Å²) in [4.78, 5) is 24.5. The molecule has 1 unspecified atom stereocenters. The fourth-order valence-corrected chi connectivity index (χ4v) is 4.69. The fraction of sp³-hybridized carbons (Fsp3) is 0.550. The highest BCUT2D eigenvalue weighted by Crippen LogP contribution is 2.13. The molecular formula is C20H31N5O4S. The number of sulfonamides is 1. The van der Waals surface area contributed by atoms with E-state index < -0.39 is 15.6 Å². The second-order valence-electron chi connectivity index (χ2n) is 7.44. The minimum Gasteiger partial charge on any atom is -0.354 e. The van der Waals surface area contributed by atoms with Crippen molar-refractivity contribution in [3.63, 3.8) is 0 Å². The van der Waals surface area contributed by atoms with Gasteiger partial charge in [-0.15, -0.1) is 0 Å². The Balaban J connectivity index is 2.02. The number of carbonyl (C=O) groups excluding carboxylic acids is 1. The first kappa shape index (κ1) is 23.8. The summed E-state index contributed by atoms with van der Waals surface area (Å²) in [6, 6.07) is 4.45. The number of nitrogens with zero attached hydrogens (tertiary/aromatic N) is 4. The van der Waals surface area contributed by atoms with Gasteiger partial charge in [-0.05, 0) is 31.9 Å². The summed E-state index contributed by atoms with van der Waals surface area (Å²) in [5.41, 5.74) is 1.57. The van der Waals surface area contributed by atoms with Crippen molar-refractivity contribution in [3.8, 4) is 0 Å². The van der Waals surface area contributed by atoms with Gasteiger partial charge in [0.05, 0.1) is 10.6 Å². The molecule has 2 aromatic rings. The monoisotopic (exact) mass is 437 g/mol. The molecule has 0 aliphatic heterocycles. The van der Waals surface area contributed by atoms with Gasteiger partial charge in [0.25, 0.3) is 5.56 Å². The lowest BCUT2D eigenvalue weighted by Gasteiger charge is -2.19. The number of amides is 1. The highest BCUT2D eigenvalue weighted by molar-refractivity contribution is 7.89. The van der Waals surface area contributed by atoms with Gasteiger partial charge in [0.2, 0.25) is 15.9 Å². The Kier molecular flexibility index (Phi) is 7.96. The van der Waals surface area contributed by atoms with Crippen molar-refractivity contribution in [2.75, 3.05) is 19.6 Å². The SMILES string of the molecule is CCN(CC)S(=O)(=O)c1ccc(=O)n(CC(=O)NCC(C)Cn2nc(C)cc2C)c1. The Morgan fingerprint density at radius 3 is 2.47 bits per heavy atom. The van der Waals surface area contributed by atoms with E-state index in [0.717, 1.165) is 16.0 Å². The zero-order valence-electron chi connectivity index (χ0n) is 18.3. The number of aromatic nitrogens is 3. The summed E-state index contributed by atoms with van der Waals surface area (Å²) in [6.45, 7) is 10.9. The Hall–Kier alpha value is -2.46. The number of aryl methyl sites for hydroxylation is 2. The van der Waals surface area contributed by atoms with E-state index in [2.05, 4.69) is 10.4 Å². The van der Waals surface area contributed by atoms with E-state index in [1.165, 1.54) is 22.6 Å². The topological polar surface area (TPSA) is 106 Å². The predicted molar refractivity (Wildman–Crippen MR) is 115 cm³/mol. The average molecular weight is 438 g/mol. The second kappa shape index (κ2) is 10.0. The maximum atomic E-state index is 12.7. The van der Waals surface area contributed by atoms with Crippen LogP contribution in [0.1, 0.15) is 32.2 Å². The first-order valence-corrected chi connectivity index (χ1v) is 11.5. The maximum Gasteiger partial charge on any atom is 0.251 e. The van der Waals surface area contributed by atoms with E-state index in [0.29, 0.717) is 26.2 Å². The van der Waals surface area contributed by atoms with Crippen LogP contribution in [0.15, 0.2) is 34.1 Å². The predicted octanol–water partition coefficient (Wildman–Crippen LogP) is 1.14. The molecule has 1 amide bonds. The third-order valence-electron chi connectivity index (χ3n) is 4.85. The van der Waals surface area contributed by atoms with Gasteiger partial charge < -0.3 is 9.88 Å². The molecule has 0 spiro atoms. The van der Waals surface area contributed by atoms with E-state index in [9.17, 15) is 18.0 Å². The van der Waals surface area contributed by atoms with Crippen molar-refractivity contribution in [3.05, 3.63) is 46.1 Å². The number of hydrogen-bond acceptors (Lipinski definition) is 5. The van der Waals surface area contributed by atoms with E-state index in [1.807, 2.05) is 31.5 Å². The van der Waals surface area contributed by atoms with Gasteiger partial charge in [-0.3, -0.25) is 14.3 Å². The van der Waals surface area contributed by atoms with E-state index in [4.69, 9.17) is 0 Å². The summed E-state index contributed by atoms with van der Waals surface area (Å²) in [5, 5.41) is 7.22. The molecule has 166 valence electrons. The molecule has 0 aliphatic rings. The molecule has 2 aromatic heterocycles. The third-order valence-corrected chi connectivity index (χ3v) is 6.88. The quantitative estimate of drug-likeness (QED) is 0.600. The first-order valence-electron chi connectivity index (χ1n) is 10.1. The molecule has 10 heteroatoms. The largest absolute Gasteiger partial charge is 0.354 e. The molecule has 2 heterocycles. The van der Waals surface area contributed by atoms with E-state index >= 15 is 0 Å². The van der Waals surface area contributed by atoms with Crippen LogP contribution in [0.5, 0.6) is 0 Å². The summed E-state index contributed by atoms with van der Waals surface area (Å²) in [7, 11) is -3.71. The van der Waals surface area contributed by atoms with Crippen LogP contribution in [0.4, 0.5) is 0 Å². The average Bonchev–Trinajstić information content (AvgIpc) is 2.99. The van der Waals surface area contributed by atoms with Gasteiger partial charge in [-0.2, -0.15) is 9.40 Å². The van der Waals surface area contributed by atoms with Crippen molar-refractivity contribution >= 4 is 15.9 Å². The molecule has 0 saturated heterocycles. The Morgan fingerprint density at radius 1 is 1.23 bits per heavy atom. The molecule has 1 atom stereocenters. The summed E-state index contributed by atoms with van der Waals surface area (Å²) >= 11 is 0. The fourth-order valence-electron chi connectivity index (χ4n) is 3.22. The molecule has 0 aromatic carbocycles. The minimum absolute atomic E-state index is 0.00325. The number of hydrogen-bond donors (Lipinski definition) is 1. The van der Waals surface area contributed by atoms with Gasteiger partial charge in [0.1, 0.15) is 6.54 Å². The standard InChI is InChI=1S/C20H31N5O4S/c1-6-24(7-2)30(28,29)18-8-9-20(27)23(13-18)14-19(26)21-11-15(3)12-25-17(5)10-16(4)22-25/h8-10,13,15H,6-7,11-12,14H2,1-5H3,(H,21,26). The van der Waals surface area contributed by atoms with Crippen molar-refractivity contribution in [1.82, 2.24) is 24.0 Å². The Bertz CT molecular complexity index is 1040. The molecule has 0 fully saturated rings. The first-order chi connectivity index (χ1) is 14.1. The van der Waals surface area contributed by atoms with Crippen LogP contribution in [0.25, 0.3) is 0 Å². The summed E-state index contributed by atoms with van der Waals surface area (Å²) in [6.07, 6.45) is 1.23. The van der Waals surface area contributed by atoms with Crippen LogP contribution in [0, 0.1) is 19.8 Å². The maximum absolute atomic E-state index is 12.7. The van der Waals surface area contributed by atoms with Gasteiger partial charge in [0.15, 0.2) is 0 Å². The molecule has 1 N–H and O–H groups in total. The Labute approximate surface area is 177 Å². The minimum atomic E-state index is -3.71. The molecular weight excluding hydrogens is 406 g/mol. The lowest BCUT2D eigenvalue weighted by Crippen LogP contribution is -2.36. The van der Waals surface area contributed by atoms with Gasteiger partial charge >= 0.3 is 0 Å². The van der Waals surface area contributed by atoms with Crippen LogP contribution in [0.2, 0.25) is 0 Å². The van der Waals surface area contributed by atoms with Gasteiger partial charge in [0, 0.05) is 44.1 Å². The molecule has 0 bridgehead atoms. The summed E-state index contributed by atoms with van der Waals surface area (Å²) < 4.78 is 29.7. The zero-order chi connectivity index (χ0) is 22.5. The number of carbonyl (C=O) groups is 1. The second-order valence-corrected chi connectivity index (χ2v) is 9.38. The molecule has 0 saturated carbocycles. The molecule has 0 radical (unpaired) electrons. The van der Waals surface area contributed by atoms with Crippen molar-refractivity contribution < 1.29 is 13.2 Å². The van der Waals surface area contributed by atoms with Gasteiger partial charge in [-0.1, -0.05) is 20.8 Å². The number of nitrogens with one attached hydrogen (secondary N) is 1. The number of pyridine rings is 1. The normalized spacial score (nSPS) is 12.9. The van der Waals surface area contributed by atoms with Crippen LogP contribution in [-0.4, -0.2) is 52.6 Å². The lowest BCUT2D eigenvalue weighted by molar-refractivity contribution is -0.121. The smallest absolute Gasteiger partial charge is 0.251 e. The van der Waals surface area contributed by atoms with Gasteiger partial charge in [-0.25, -0.2) is 8.42 Å². The lowest BCUT2D eigenvalue weighted by atomic mass is 10.2. The van der Waals surface area contributed by atoms with Crippen molar-refractivity contribution in [2.24, 2.45) is 5.92 Å². The molecule has 2 rings (SSSR count). The van der Waals surface area contributed by atoms with E-state index in [-0.39, 0.29) is 23.3 Å². The van der Waals surface area contributed by atoms with Crippen LogP contribution < -0.4 is 10.9 Å². The number of rotatable bonds is 10. The van der Waals surface area contributed by atoms with Crippen LogP contribution in [-0.2, 0) is 27.9 Å². The zero-order valence-corrected chi connectivity index (χ0v) is 19.1. The molecule has 9 nitrogen and oxygen atoms in total. The third kappa shape index (κ3) is 5.79. The highest BCUT2D eigenvalue weighted by Gasteiger charge is 2.22. The van der Waals surface area contributed by atoms with Crippen LogP contribution in [0.3, 0.4) is 0 Å². The molecule has 30 heavy (non-hydrogen) atoms. The highest BCUT2D eigenvalue weighted by atomic mass is 32.2. The molecule has 0 aliphatic carbocycles. The van der Waals surface area contributed by atoms with Crippen LogP contribution >= 0.6 is 0 Å². The van der Waals surface area contributed by atoms with Crippen molar-refractivity contribution in [2.45, 2.75) is 52.6 Å².